The summed E-state index contributed by atoms with van der Waals surface area (Å²) in [5, 5.41) is 14.6. The lowest BCUT2D eigenvalue weighted by molar-refractivity contribution is -0.122. The molecule has 1 atom stereocenters. The Morgan fingerprint density at radius 2 is 1.84 bits per heavy atom. The number of nitrogens with zero attached hydrogens (tertiary/aromatic N) is 3. The molecule has 0 aliphatic carbocycles. The zero-order valence-electron chi connectivity index (χ0n) is 17.8. The van der Waals surface area contributed by atoms with E-state index < -0.39 is 6.04 Å². The molecule has 0 spiro atoms. The van der Waals surface area contributed by atoms with Crippen LogP contribution in [0.15, 0.2) is 48.5 Å². The third kappa shape index (κ3) is 6.28. The smallest absolute Gasteiger partial charge is 0.241 e. The van der Waals surface area contributed by atoms with Crippen LogP contribution in [-0.4, -0.2) is 62.7 Å². The topological polar surface area (TPSA) is 97.7 Å². The molecule has 1 heterocycles. The van der Waals surface area contributed by atoms with Gasteiger partial charge in [0.25, 0.3) is 0 Å². The molecule has 3 rings (SSSR count). The van der Waals surface area contributed by atoms with Crippen molar-refractivity contribution in [2.75, 3.05) is 55.4 Å². The van der Waals surface area contributed by atoms with E-state index in [1.807, 2.05) is 30.3 Å². The number of anilines is 3. The largest absolute Gasteiger partial charge is 0.378 e. The van der Waals surface area contributed by atoms with Crippen LogP contribution >= 0.6 is 0 Å². The van der Waals surface area contributed by atoms with Gasteiger partial charge in [0.2, 0.25) is 11.8 Å². The summed E-state index contributed by atoms with van der Waals surface area (Å²) in [6.45, 7) is 4.96. The highest BCUT2D eigenvalue weighted by Gasteiger charge is 2.20. The SMILES string of the molecule is C[C@H](C(=O)Nc1cccc(C#N)c1)N(C)CC(=O)Nc1ccc(N2CCOCC2)cc1. The lowest BCUT2D eigenvalue weighted by Crippen LogP contribution is -2.43. The van der Waals surface area contributed by atoms with Gasteiger partial charge in [0.1, 0.15) is 0 Å². The number of carbonyl (C=O) groups excluding carboxylic acids is 2. The zero-order chi connectivity index (χ0) is 22.2. The van der Waals surface area contributed by atoms with Gasteiger partial charge in [-0.15, -0.1) is 0 Å². The Hall–Kier alpha value is -3.41. The summed E-state index contributed by atoms with van der Waals surface area (Å²) in [5.41, 5.74) is 2.83. The van der Waals surface area contributed by atoms with Gasteiger partial charge < -0.3 is 20.3 Å². The van der Waals surface area contributed by atoms with Gasteiger partial charge in [-0.25, -0.2) is 0 Å². The predicted molar refractivity (Wildman–Crippen MR) is 120 cm³/mol. The van der Waals surface area contributed by atoms with Gasteiger partial charge in [0.15, 0.2) is 0 Å². The fraction of sp³-hybridized carbons (Fsp3) is 0.348. The van der Waals surface area contributed by atoms with Crippen molar-refractivity contribution in [1.29, 1.82) is 5.26 Å². The van der Waals surface area contributed by atoms with Gasteiger partial charge in [-0.05, 0) is 56.4 Å². The van der Waals surface area contributed by atoms with Crippen molar-refractivity contribution in [2.24, 2.45) is 0 Å². The maximum atomic E-state index is 12.5. The highest BCUT2D eigenvalue weighted by molar-refractivity contribution is 5.96. The number of nitrogens with one attached hydrogen (secondary N) is 2. The van der Waals surface area contributed by atoms with Crippen molar-refractivity contribution < 1.29 is 14.3 Å². The number of hydrogen-bond acceptors (Lipinski definition) is 6. The second-order valence-corrected chi connectivity index (χ2v) is 7.47. The third-order valence-electron chi connectivity index (χ3n) is 5.22. The molecule has 0 saturated carbocycles. The Labute approximate surface area is 182 Å². The van der Waals surface area contributed by atoms with E-state index in [0.717, 1.165) is 32.0 Å². The van der Waals surface area contributed by atoms with Crippen LogP contribution in [-0.2, 0) is 14.3 Å². The van der Waals surface area contributed by atoms with Gasteiger partial charge in [0.05, 0.1) is 37.4 Å². The van der Waals surface area contributed by atoms with E-state index >= 15 is 0 Å². The van der Waals surface area contributed by atoms with Crippen molar-refractivity contribution in [3.63, 3.8) is 0 Å². The molecule has 0 unspecified atom stereocenters. The fourth-order valence-corrected chi connectivity index (χ4v) is 3.25. The van der Waals surface area contributed by atoms with Crippen LogP contribution in [0.5, 0.6) is 0 Å². The van der Waals surface area contributed by atoms with Gasteiger partial charge in [-0.3, -0.25) is 14.5 Å². The number of ether oxygens (including phenoxy) is 1. The molecule has 1 aliphatic heterocycles. The van der Waals surface area contributed by atoms with Crippen LogP contribution in [0.25, 0.3) is 0 Å². The standard InChI is InChI=1S/C23H27N5O3/c1-17(23(30)26-20-5-3-4-18(14-20)15-24)27(2)16-22(29)25-19-6-8-21(9-7-19)28-10-12-31-13-11-28/h3-9,14,17H,10-13,16H2,1-2H3,(H,25,29)(H,26,30)/t17-/m1/s1. The minimum Gasteiger partial charge on any atom is -0.378 e. The molecule has 0 radical (unpaired) electrons. The lowest BCUT2D eigenvalue weighted by Gasteiger charge is -2.29. The van der Waals surface area contributed by atoms with Crippen LogP contribution in [0.4, 0.5) is 17.1 Å². The summed E-state index contributed by atoms with van der Waals surface area (Å²) in [6.07, 6.45) is 0. The molecule has 1 saturated heterocycles. The quantitative estimate of drug-likeness (QED) is 0.712. The summed E-state index contributed by atoms with van der Waals surface area (Å²) in [5.74, 6) is -0.451. The number of amides is 2. The number of carbonyl (C=O) groups is 2. The van der Waals surface area contributed by atoms with Crippen molar-refractivity contribution in [1.82, 2.24) is 4.90 Å². The molecule has 0 aromatic heterocycles. The molecule has 162 valence electrons. The molecular weight excluding hydrogens is 394 g/mol. The maximum absolute atomic E-state index is 12.5. The number of rotatable bonds is 7. The molecule has 2 aromatic rings. The monoisotopic (exact) mass is 421 g/mol. The molecule has 8 nitrogen and oxygen atoms in total. The Kier molecular flexibility index (Phi) is 7.60. The molecule has 2 N–H and O–H groups in total. The Morgan fingerprint density at radius 3 is 2.52 bits per heavy atom. The predicted octanol–water partition coefficient (Wildman–Crippen LogP) is 2.29. The van der Waals surface area contributed by atoms with E-state index in [0.29, 0.717) is 16.9 Å². The normalized spacial score (nSPS) is 14.6. The minimum absolute atomic E-state index is 0.0675. The van der Waals surface area contributed by atoms with Crippen LogP contribution in [0, 0.1) is 11.3 Å². The number of nitriles is 1. The molecule has 31 heavy (non-hydrogen) atoms. The molecule has 8 heteroatoms. The van der Waals surface area contributed by atoms with E-state index in [4.69, 9.17) is 10.00 Å². The number of morpholine rings is 1. The molecular formula is C23H27N5O3. The first-order valence-corrected chi connectivity index (χ1v) is 10.2. The van der Waals surface area contributed by atoms with Crippen molar-refractivity contribution in [3.05, 3.63) is 54.1 Å². The fourth-order valence-electron chi connectivity index (χ4n) is 3.25. The average molecular weight is 422 g/mol. The summed E-state index contributed by atoms with van der Waals surface area (Å²) in [7, 11) is 1.72. The van der Waals surface area contributed by atoms with Gasteiger partial charge in [-0.2, -0.15) is 5.26 Å². The first-order chi connectivity index (χ1) is 15.0. The first-order valence-electron chi connectivity index (χ1n) is 10.2. The minimum atomic E-state index is -0.528. The number of likely N-dealkylation sites (N-methyl/N-ethyl adjacent to an activating group) is 1. The number of benzene rings is 2. The van der Waals surface area contributed by atoms with Crippen molar-refractivity contribution in [2.45, 2.75) is 13.0 Å². The first kappa shape index (κ1) is 22.3. The molecule has 1 aliphatic rings. The van der Waals surface area contributed by atoms with E-state index in [-0.39, 0.29) is 18.4 Å². The van der Waals surface area contributed by atoms with Gasteiger partial charge in [0, 0.05) is 30.2 Å². The summed E-state index contributed by atoms with van der Waals surface area (Å²) >= 11 is 0. The number of hydrogen-bond donors (Lipinski definition) is 2. The summed E-state index contributed by atoms with van der Waals surface area (Å²) in [6, 6.07) is 15.9. The molecule has 0 bridgehead atoms. The van der Waals surface area contributed by atoms with Crippen LogP contribution in [0.1, 0.15) is 12.5 Å². The van der Waals surface area contributed by atoms with Crippen molar-refractivity contribution >= 4 is 28.9 Å². The van der Waals surface area contributed by atoms with Crippen LogP contribution < -0.4 is 15.5 Å². The van der Waals surface area contributed by atoms with E-state index in [9.17, 15) is 9.59 Å². The second kappa shape index (κ2) is 10.6. The Morgan fingerprint density at radius 1 is 1.13 bits per heavy atom. The zero-order valence-corrected chi connectivity index (χ0v) is 17.8. The highest BCUT2D eigenvalue weighted by atomic mass is 16.5. The van der Waals surface area contributed by atoms with Crippen molar-refractivity contribution in [3.8, 4) is 6.07 Å². The second-order valence-electron chi connectivity index (χ2n) is 7.47. The van der Waals surface area contributed by atoms with E-state index in [1.54, 1.807) is 43.1 Å². The molecule has 1 fully saturated rings. The summed E-state index contributed by atoms with van der Waals surface area (Å²) in [4.78, 5) is 28.8. The van der Waals surface area contributed by atoms with E-state index in [1.165, 1.54) is 0 Å². The van der Waals surface area contributed by atoms with Crippen LogP contribution in [0.2, 0.25) is 0 Å². The van der Waals surface area contributed by atoms with Gasteiger partial charge >= 0.3 is 0 Å². The lowest BCUT2D eigenvalue weighted by atomic mass is 10.2. The average Bonchev–Trinajstić information content (AvgIpc) is 2.79. The molecule has 2 aromatic carbocycles. The van der Waals surface area contributed by atoms with Crippen LogP contribution in [0.3, 0.4) is 0 Å². The Balaban J connectivity index is 1.49. The van der Waals surface area contributed by atoms with Gasteiger partial charge in [-0.1, -0.05) is 6.07 Å². The summed E-state index contributed by atoms with van der Waals surface area (Å²) < 4.78 is 5.37. The molecule has 2 amide bonds. The maximum Gasteiger partial charge on any atom is 0.241 e. The third-order valence-corrected chi connectivity index (χ3v) is 5.22. The highest BCUT2D eigenvalue weighted by Crippen LogP contribution is 2.19. The Bertz CT molecular complexity index is 948. The van der Waals surface area contributed by atoms with E-state index in [2.05, 4.69) is 15.5 Å².